The number of halogens is 1. The van der Waals surface area contributed by atoms with E-state index in [-0.39, 0.29) is 18.4 Å². The Morgan fingerprint density at radius 3 is 3.08 bits per heavy atom. The fraction of sp³-hybridized carbons (Fsp3) is 0.714. The van der Waals surface area contributed by atoms with Gasteiger partial charge in [-0.3, -0.25) is 9.59 Å². The maximum Gasteiger partial charge on any atom is 0.239 e. The summed E-state index contributed by atoms with van der Waals surface area (Å²) in [5, 5.41) is 3.00. The Labute approximate surface area is 79.4 Å². The average Bonchev–Trinajstić information content (AvgIpc) is 2.28. The molecule has 1 aliphatic heterocycles. The number of carbonyl (C=O) groups is 2. The van der Waals surface area contributed by atoms with Crippen LogP contribution in [-0.2, 0) is 9.59 Å². The van der Waals surface area contributed by atoms with Crippen molar-refractivity contribution in [2.75, 3.05) is 25.0 Å². The van der Waals surface area contributed by atoms with E-state index < -0.39 is 0 Å². The van der Waals surface area contributed by atoms with E-state index in [9.17, 15) is 9.59 Å². The molecule has 1 rings (SSSR count). The summed E-state index contributed by atoms with van der Waals surface area (Å²) in [6, 6.07) is 0. The number of hydrogen-bond donors (Lipinski definition) is 1. The lowest BCUT2D eigenvalue weighted by Crippen LogP contribution is -2.37. The third kappa shape index (κ3) is 2.48. The van der Waals surface area contributed by atoms with Gasteiger partial charge in [-0.25, -0.2) is 0 Å². The number of nitrogens with one attached hydrogen (secondary N) is 1. The molecule has 0 unspecified atom stereocenters. The monoisotopic (exact) mass is 234 g/mol. The van der Waals surface area contributed by atoms with E-state index in [2.05, 4.69) is 21.2 Å². The second kappa shape index (κ2) is 4.45. The van der Waals surface area contributed by atoms with Crippen LogP contribution in [-0.4, -0.2) is 41.7 Å². The molecule has 5 heteroatoms. The van der Waals surface area contributed by atoms with Gasteiger partial charge in [-0.1, -0.05) is 15.9 Å². The van der Waals surface area contributed by atoms with Gasteiger partial charge in [0.1, 0.15) is 0 Å². The van der Waals surface area contributed by atoms with Gasteiger partial charge < -0.3 is 10.2 Å². The summed E-state index contributed by atoms with van der Waals surface area (Å²) >= 11 is 3.07. The molecule has 4 nitrogen and oxygen atoms in total. The zero-order chi connectivity index (χ0) is 8.97. The van der Waals surface area contributed by atoms with Gasteiger partial charge in [0.15, 0.2) is 0 Å². The van der Waals surface area contributed by atoms with Gasteiger partial charge >= 0.3 is 0 Å². The van der Waals surface area contributed by atoms with Gasteiger partial charge in [0, 0.05) is 13.1 Å². The Morgan fingerprint density at radius 2 is 2.42 bits per heavy atom. The number of amides is 2. The third-order valence-corrected chi connectivity index (χ3v) is 2.21. The van der Waals surface area contributed by atoms with Gasteiger partial charge in [-0.15, -0.1) is 0 Å². The number of nitrogens with zero attached hydrogens (tertiary/aromatic N) is 1. The van der Waals surface area contributed by atoms with E-state index >= 15 is 0 Å². The first kappa shape index (κ1) is 9.51. The molecule has 1 fully saturated rings. The Morgan fingerprint density at radius 1 is 1.67 bits per heavy atom. The Hall–Kier alpha value is -0.580. The zero-order valence-corrected chi connectivity index (χ0v) is 8.26. The Bertz CT molecular complexity index is 196. The highest BCUT2D eigenvalue weighted by Crippen LogP contribution is 1.98. The van der Waals surface area contributed by atoms with Crippen molar-refractivity contribution in [1.29, 1.82) is 0 Å². The summed E-state index contributed by atoms with van der Waals surface area (Å²) < 4.78 is 0. The highest BCUT2D eigenvalue weighted by Gasteiger charge is 2.17. The van der Waals surface area contributed by atoms with E-state index in [4.69, 9.17) is 0 Å². The van der Waals surface area contributed by atoms with Crippen LogP contribution in [0.15, 0.2) is 0 Å². The van der Waals surface area contributed by atoms with E-state index in [1.807, 2.05) is 0 Å². The summed E-state index contributed by atoms with van der Waals surface area (Å²) in [6.45, 7) is 1.54. The molecule has 0 aliphatic carbocycles. The lowest BCUT2D eigenvalue weighted by Gasteiger charge is -2.16. The summed E-state index contributed by atoms with van der Waals surface area (Å²) in [4.78, 5) is 23.7. The number of rotatable bonds is 1. The molecule has 12 heavy (non-hydrogen) atoms. The molecule has 1 saturated heterocycles. The molecule has 0 aromatic rings. The van der Waals surface area contributed by atoms with E-state index in [0.29, 0.717) is 18.4 Å². The smallest absolute Gasteiger partial charge is 0.239 e. The molecule has 0 radical (unpaired) electrons. The topological polar surface area (TPSA) is 49.4 Å². The van der Waals surface area contributed by atoms with Crippen molar-refractivity contribution in [3.8, 4) is 0 Å². The fourth-order valence-electron chi connectivity index (χ4n) is 1.10. The van der Waals surface area contributed by atoms with Crippen LogP contribution in [0.5, 0.6) is 0 Å². The van der Waals surface area contributed by atoms with Crippen molar-refractivity contribution in [3.05, 3.63) is 0 Å². The summed E-state index contributed by atoms with van der Waals surface area (Å²) in [7, 11) is 0. The molecule has 1 aliphatic rings. The Kier molecular flexibility index (Phi) is 3.52. The first-order valence-electron chi connectivity index (χ1n) is 3.84. The minimum Gasteiger partial charge on any atom is -0.354 e. The Balaban J connectivity index is 2.51. The molecule has 0 spiro atoms. The van der Waals surface area contributed by atoms with Crippen LogP contribution in [0.1, 0.15) is 6.42 Å². The van der Waals surface area contributed by atoms with E-state index in [1.54, 1.807) is 4.90 Å². The maximum atomic E-state index is 11.2. The first-order chi connectivity index (χ1) is 5.74. The molecular formula is C7H11BrN2O2. The normalized spacial score (nSPS) is 18.4. The van der Waals surface area contributed by atoms with Crippen LogP contribution in [0.25, 0.3) is 0 Å². The molecule has 2 amide bonds. The molecule has 0 aromatic heterocycles. The maximum absolute atomic E-state index is 11.2. The van der Waals surface area contributed by atoms with Crippen LogP contribution in [0.2, 0.25) is 0 Å². The minimum absolute atomic E-state index is 0.0212. The summed E-state index contributed by atoms with van der Waals surface area (Å²) in [5.41, 5.74) is 0. The second-order valence-corrected chi connectivity index (χ2v) is 3.21. The minimum atomic E-state index is -0.0678. The molecule has 0 bridgehead atoms. The predicted molar refractivity (Wildman–Crippen MR) is 48.0 cm³/mol. The number of alkyl halides is 1. The SMILES string of the molecule is O=C1CN(C(=O)CBr)CCCN1. The molecule has 1 heterocycles. The second-order valence-electron chi connectivity index (χ2n) is 2.65. The number of hydrogen-bond acceptors (Lipinski definition) is 2. The fourth-order valence-corrected chi connectivity index (χ4v) is 1.46. The van der Waals surface area contributed by atoms with Crippen molar-refractivity contribution >= 4 is 27.7 Å². The predicted octanol–water partition coefficient (Wildman–Crippen LogP) is -0.270. The first-order valence-corrected chi connectivity index (χ1v) is 4.96. The van der Waals surface area contributed by atoms with Gasteiger partial charge in [-0.05, 0) is 6.42 Å². The summed E-state index contributed by atoms with van der Waals surface area (Å²) in [5.74, 6) is -0.0890. The molecule has 0 aromatic carbocycles. The van der Waals surface area contributed by atoms with Crippen molar-refractivity contribution in [2.24, 2.45) is 0 Å². The molecule has 0 atom stereocenters. The van der Waals surface area contributed by atoms with Crippen molar-refractivity contribution in [3.63, 3.8) is 0 Å². The molecular weight excluding hydrogens is 224 g/mol. The largest absolute Gasteiger partial charge is 0.354 e. The molecule has 0 saturated carbocycles. The van der Waals surface area contributed by atoms with Crippen molar-refractivity contribution in [2.45, 2.75) is 6.42 Å². The highest BCUT2D eigenvalue weighted by molar-refractivity contribution is 9.09. The number of carbonyl (C=O) groups excluding carboxylic acids is 2. The summed E-state index contributed by atoms with van der Waals surface area (Å²) in [6.07, 6.45) is 0.838. The van der Waals surface area contributed by atoms with Crippen LogP contribution in [0.3, 0.4) is 0 Å². The lowest BCUT2D eigenvalue weighted by atomic mass is 10.4. The van der Waals surface area contributed by atoms with E-state index in [1.165, 1.54) is 0 Å². The van der Waals surface area contributed by atoms with Gasteiger partial charge in [0.05, 0.1) is 11.9 Å². The van der Waals surface area contributed by atoms with E-state index in [0.717, 1.165) is 6.42 Å². The van der Waals surface area contributed by atoms with Crippen LogP contribution < -0.4 is 5.32 Å². The van der Waals surface area contributed by atoms with Gasteiger partial charge in [0.2, 0.25) is 11.8 Å². The molecule has 68 valence electrons. The highest BCUT2D eigenvalue weighted by atomic mass is 79.9. The van der Waals surface area contributed by atoms with Gasteiger partial charge in [0.25, 0.3) is 0 Å². The lowest BCUT2D eigenvalue weighted by molar-refractivity contribution is -0.133. The van der Waals surface area contributed by atoms with Crippen LogP contribution >= 0.6 is 15.9 Å². The van der Waals surface area contributed by atoms with Crippen LogP contribution in [0, 0.1) is 0 Å². The van der Waals surface area contributed by atoms with Crippen molar-refractivity contribution < 1.29 is 9.59 Å². The molecule has 1 N–H and O–H groups in total. The van der Waals surface area contributed by atoms with Crippen molar-refractivity contribution in [1.82, 2.24) is 10.2 Å². The standard InChI is InChI=1S/C7H11BrN2O2/c8-4-7(12)10-3-1-2-9-6(11)5-10/h1-5H2,(H,9,11). The van der Waals surface area contributed by atoms with Crippen LogP contribution in [0.4, 0.5) is 0 Å². The van der Waals surface area contributed by atoms with Gasteiger partial charge in [-0.2, -0.15) is 0 Å². The quantitative estimate of drug-likeness (QED) is 0.636. The average molecular weight is 235 g/mol. The third-order valence-electron chi connectivity index (χ3n) is 1.73. The zero-order valence-electron chi connectivity index (χ0n) is 6.68.